The van der Waals surface area contributed by atoms with Gasteiger partial charge in [-0.2, -0.15) is 0 Å². The van der Waals surface area contributed by atoms with Gasteiger partial charge in [0.05, 0.1) is 18.4 Å². The standard InChI is InChI=1S/C18H16ClNO5/c1-11(25-18(23)13-5-3-12(10-21)4-6-13)17(22)20-15-9-14(19)7-8-16(15)24-2/h3-11H,1-2H3,(H,20,22)/t11-/m0/s1. The summed E-state index contributed by atoms with van der Waals surface area (Å²) in [6, 6.07) is 10.7. The van der Waals surface area contributed by atoms with E-state index in [1.807, 2.05) is 0 Å². The molecule has 130 valence electrons. The maximum absolute atomic E-state index is 12.2. The van der Waals surface area contributed by atoms with Crippen molar-refractivity contribution in [3.63, 3.8) is 0 Å². The first-order valence-electron chi connectivity index (χ1n) is 7.35. The van der Waals surface area contributed by atoms with Crippen LogP contribution in [0.3, 0.4) is 0 Å². The average molecular weight is 362 g/mol. The lowest BCUT2D eigenvalue weighted by Gasteiger charge is -2.15. The van der Waals surface area contributed by atoms with E-state index in [4.69, 9.17) is 21.1 Å². The third-order valence-electron chi connectivity index (χ3n) is 3.35. The summed E-state index contributed by atoms with van der Waals surface area (Å²) in [6.45, 7) is 1.45. The number of hydrogen-bond donors (Lipinski definition) is 1. The van der Waals surface area contributed by atoms with Gasteiger partial charge in [0.1, 0.15) is 12.0 Å². The Balaban J connectivity index is 2.03. The Morgan fingerprint density at radius 3 is 2.44 bits per heavy atom. The smallest absolute Gasteiger partial charge is 0.338 e. The van der Waals surface area contributed by atoms with E-state index >= 15 is 0 Å². The third-order valence-corrected chi connectivity index (χ3v) is 3.59. The third kappa shape index (κ3) is 4.81. The van der Waals surface area contributed by atoms with Gasteiger partial charge in [-0.3, -0.25) is 9.59 Å². The number of benzene rings is 2. The van der Waals surface area contributed by atoms with Crippen molar-refractivity contribution in [1.29, 1.82) is 0 Å². The molecule has 2 rings (SSSR count). The van der Waals surface area contributed by atoms with Crippen LogP contribution in [0.5, 0.6) is 5.75 Å². The molecular formula is C18H16ClNO5. The molecule has 25 heavy (non-hydrogen) atoms. The van der Waals surface area contributed by atoms with Crippen molar-refractivity contribution in [3.8, 4) is 5.75 Å². The minimum absolute atomic E-state index is 0.241. The van der Waals surface area contributed by atoms with Crippen LogP contribution < -0.4 is 10.1 Å². The van der Waals surface area contributed by atoms with Crippen molar-refractivity contribution in [3.05, 3.63) is 58.6 Å². The minimum atomic E-state index is -1.04. The molecule has 6 nitrogen and oxygen atoms in total. The maximum Gasteiger partial charge on any atom is 0.338 e. The summed E-state index contributed by atoms with van der Waals surface area (Å²) in [5, 5.41) is 3.03. The van der Waals surface area contributed by atoms with Crippen LogP contribution in [0, 0.1) is 0 Å². The molecule has 1 N–H and O–H groups in total. The summed E-state index contributed by atoms with van der Waals surface area (Å²) in [6.07, 6.45) is -0.370. The molecule has 0 aliphatic heterocycles. The van der Waals surface area contributed by atoms with Gasteiger partial charge in [0.15, 0.2) is 6.10 Å². The first-order valence-corrected chi connectivity index (χ1v) is 7.73. The van der Waals surface area contributed by atoms with Gasteiger partial charge in [-0.15, -0.1) is 0 Å². The number of halogens is 1. The van der Waals surface area contributed by atoms with Gasteiger partial charge in [0.2, 0.25) is 0 Å². The zero-order valence-corrected chi connectivity index (χ0v) is 14.4. The monoisotopic (exact) mass is 361 g/mol. The number of anilines is 1. The predicted molar refractivity (Wildman–Crippen MR) is 93.3 cm³/mol. The fourth-order valence-electron chi connectivity index (χ4n) is 1.99. The molecule has 0 bridgehead atoms. The second-order valence-corrected chi connectivity index (χ2v) is 5.56. The number of nitrogens with one attached hydrogen (secondary N) is 1. The van der Waals surface area contributed by atoms with Gasteiger partial charge in [0, 0.05) is 10.6 Å². The normalized spacial score (nSPS) is 11.3. The average Bonchev–Trinajstić information content (AvgIpc) is 2.61. The van der Waals surface area contributed by atoms with Crippen LogP contribution in [0.4, 0.5) is 5.69 Å². The van der Waals surface area contributed by atoms with Crippen LogP contribution in [-0.2, 0) is 9.53 Å². The zero-order chi connectivity index (χ0) is 18.4. The maximum atomic E-state index is 12.2. The van der Waals surface area contributed by atoms with Gasteiger partial charge in [0.25, 0.3) is 5.91 Å². The Morgan fingerprint density at radius 2 is 1.84 bits per heavy atom. The van der Waals surface area contributed by atoms with Gasteiger partial charge < -0.3 is 14.8 Å². The lowest BCUT2D eigenvalue weighted by atomic mass is 10.1. The Kier molecular flexibility index (Phi) is 6.14. The molecule has 0 radical (unpaired) electrons. The molecule has 0 spiro atoms. The predicted octanol–water partition coefficient (Wildman–Crippen LogP) is 3.35. The van der Waals surface area contributed by atoms with E-state index < -0.39 is 18.0 Å². The van der Waals surface area contributed by atoms with Crippen LogP contribution in [0.25, 0.3) is 0 Å². The summed E-state index contributed by atoms with van der Waals surface area (Å²) in [5.74, 6) is -0.766. The van der Waals surface area contributed by atoms with Crippen LogP contribution >= 0.6 is 11.6 Å². The molecule has 1 amide bonds. The lowest BCUT2D eigenvalue weighted by molar-refractivity contribution is -0.123. The number of hydrogen-bond acceptors (Lipinski definition) is 5. The van der Waals surface area contributed by atoms with Crippen LogP contribution in [0.2, 0.25) is 5.02 Å². The van der Waals surface area contributed by atoms with E-state index in [9.17, 15) is 14.4 Å². The summed E-state index contributed by atoms with van der Waals surface area (Å²) >= 11 is 5.91. The molecule has 7 heteroatoms. The van der Waals surface area contributed by atoms with Gasteiger partial charge in [-0.1, -0.05) is 23.7 Å². The number of amides is 1. The van der Waals surface area contributed by atoms with E-state index in [1.54, 1.807) is 12.1 Å². The first kappa shape index (κ1) is 18.5. The molecular weight excluding hydrogens is 346 g/mol. The molecule has 0 saturated carbocycles. The number of ether oxygens (including phenoxy) is 2. The highest BCUT2D eigenvalue weighted by atomic mass is 35.5. The number of carbonyl (C=O) groups excluding carboxylic acids is 3. The second-order valence-electron chi connectivity index (χ2n) is 5.12. The molecule has 0 aliphatic carbocycles. The Morgan fingerprint density at radius 1 is 1.16 bits per heavy atom. The van der Waals surface area contributed by atoms with Crippen molar-refractivity contribution in [2.24, 2.45) is 0 Å². The number of methoxy groups -OCH3 is 1. The Labute approximate surface area is 149 Å². The molecule has 0 aliphatic rings. The van der Waals surface area contributed by atoms with E-state index in [0.29, 0.717) is 28.3 Å². The van der Waals surface area contributed by atoms with Crippen molar-refractivity contribution in [2.45, 2.75) is 13.0 Å². The Bertz CT molecular complexity index is 789. The highest BCUT2D eigenvalue weighted by Crippen LogP contribution is 2.27. The summed E-state index contributed by atoms with van der Waals surface area (Å²) in [7, 11) is 1.46. The number of carbonyl (C=O) groups is 3. The van der Waals surface area contributed by atoms with Crippen molar-refractivity contribution in [1.82, 2.24) is 0 Å². The quantitative estimate of drug-likeness (QED) is 0.630. The van der Waals surface area contributed by atoms with Crippen molar-refractivity contribution in [2.75, 3.05) is 12.4 Å². The van der Waals surface area contributed by atoms with E-state index in [2.05, 4.69) is 5.32 Å². The van der Waals surface area contributed by atoms with Crippen LogP contribution in [0.1, 0.15) is 27.6 Å². The van der Waals surface area contributed by atoms with E-state index in [0.717, 1.165) is 0 Å². The number of esters is 1. The topological polar surface area (TPSA) is 81.7 Å². The second kappa shape index (κ2) is 8.30. The van der Waals surface area contributed by atoms with Gasteiger partial charge in [-0.25, -0.2) is 4.79 Å². The summed E-state index contributed by atoms with van der Waals surface area (Å²) in [5.41, 5.74) is 1.05. The molecule has 1 atom stereocenters. The number of aldehydes is 1. The lowest BCUT2D eigenvalue weighted by Crippen LogP contribution is -2.30. The molecule has 0 fully saturated rings. The summed E-state index contributed by atoms with van der Waals surface area (Å²) < 4.78 is 10.3. The first-order chi connectivity index (χ1) is 11.9. The molecule has 0 heterocycles. The molecule has 0 saturated heterocycles. The van der Waals surface area contributed by atoms with Crippen molar-refractivity contribution < 1.29 is 23.9 Å². The molecule has 0 unspecified atom stereocenters. The van der Waals surface area contributed by atoms with Crippen LogP contribution in [-0.4, -0.2) is 31.4 Å². The summed E-state index contributed by atoms with van der Waals surface area (Å²) in [4.78, 5) is 34.9. The van der Waals surface area contributed by atoms with Gasteiger partial charge >= 0.3 is 5.97 Å². The largest absolute Gasteiger partial charge is 0.495 e. The Hall–Kier alpha value is -2.86. The molecule has 0 aromatic heterocycles. The highest BCUT2D eigenvalue weighted by molar-refractivity contribution is 6.31. The molecule has 2 aromatic carbocycles. The van der Waals surface area contributed by atoms with Crippen LogP contribution in [0.15, 0.2) is 42.5 Å². The van der Waals surface area contributed by atoms with E-state index in [1.165, 1.54) is 44.4 Å². The minimum Gasteiger partial charge on any atom is -0.495 e. The van der Waals surface area contributed by atoms with E-state index in [-0.39, 0.29) is 5.56 Å². The highest BCUT2D eigenvalue weighted by Gasteiger charge is 2.20. The molecule has 2 aromatic rings. The van der Waals surface area contributed by atoms with Gasteiger partial charge in [-0.05, 0) is 37.3 Å². The fraction of sp³-hybridized carbons (Fsp3) is 0.167. The zero-order valence-electron chi connectivity index (χ0n) is 13.6. The fourth-order valence-corrected chi connectivity index (χ4v) is 2.16. The number of rotatable bonds is 6. The van der Waals surface area contributed by atoms with Crippen molar-refractivity contribution >= 4 is 35.5 Å². The SMILES string of the molecule is COc1ccc(Cl)cc1NC(=O)[C@H](C)OC(=O)c1ccc(C=O)cc1.